The van der Waals surface area contributed by atoms with Crippen LogP contribution in [-0.4, -0.2) is 16.8 Å². The number of hydrogen-bond donors (Lipinski definition) is 2. The molecule has 8 aliphatic rings. The molecule has 2 N–H and O–H groups in total. The molecule has 5 heteroatoms. The largest absolute Gasteiger partial charge is 0.324 e. The molecule has 0 radical (unpaired) electrons. The van der Waals surface area contributed by atoms with Gasteiger partial charge in [0.05, 0.1) is 34.6 Å². The normalized spacial score (nSPS) is 45.1. The van der Waals surface area contributed by atoms with Gasteiger partial charge in [-0.2, -0.15) is 0 Å². The molecule has 8 aliphatic carbocycles. The van der Waals surface area contributed by atoms with Crippen LogP contribution in [0.2, 0.25) is 0 Å². The maximum Gasteiger partial charge on any atom is 0.230 e. The van der Waals surface area contributed by atoms with Gasteiger partial charge in [0.2, 0.25) is 11.8 Å². The van der Waals surface area contributed by atoms with E-state index in [-0.39, 0.29) is 22.6 Å². The maximum atomic E-state index is 13.4. The van der Waals surface area contributed by atoms with Crippen LogP contribution in [-0.2, 0) is 9.59 Å². The van der Waals surface area contributed by atoms with Crippen LogP contribution in [0.3, 0.4) is 0 Å². The van der Waals surface area contributed by atoms with Crippen LogP contribution in [0, 0.1) is 46.3 Å². The summed E-state index contributed by atoms with van der Waals surface area (Å²) < 4.78 is 0. The number of hydrogen-bond acceptors (Lipinski definition) is 3. The Hall–Kier alpha value is -1.91. The lowest BCUT2D eigenvalue weighted by Crippen LogP contribution is -2.52. The Morgan fingerprint density at radius 1 is 0.625 bits per heavy atom. The van der Waals surface area contributed by atoms with Crippen LogP contribution in [0.4, 0.5) is 11.4 Å². The molecule has 5 nitrogen and oxygen atoms in total. The van der Waals surface area contributed by atoms with E-state index in [1.54, 1.807) is 12.4 Å². The topological polar surface area (TPSA) is 71.1 Å². The summed E-state index contributed by atoms with van der Waals surface area (Å²) in [6.45, 7) is 0. The molecule has 0 atom stereocenters. The van der Waals surface area contributed by atoms with Gasteiger partial charge in [-0.3, -0.25) is 14.6 Å². The number of aromatic nitrogens is 1. The Bertz CT molecular complexity index is 826. The highest BCUT2D eigenvalue weighted by molar-refractivity contribution is 5.98. The van der Waals surface area contributed by atoms with E-state index in [0.29, 0.717) is 11.4 Å². The number of pyridine rings is 1. The third-order valence-corrected chi connectivity index (χ3v) is 10.3. The summed E-state index contributed by atoms with van der Waals surface area (Å²) in [5.41, 5.74) is 1.09. The number of carbonyl (C=O) groups is 2. The summed E-state index contributed by atoms with van der Waals surface area (Å²) in [6, 6.07) is 1.91. The number of anilines is 2. The van der Waals surface area contributed by atoms with Gasteiger partial charge in [0.15, 0.2) is 0 Å². The Morgan fingerprint density at radius 3 is 1.25 bits per heavy atom. The lowest BCUT2D eigenvalue weighted by Gasteiger charge is -2.55. The quantitative estimate of drug-likeness (QED) is 0.669. The van der Waals surface area contributed by atoms with Gasteiger partial charge < -0.3 is 10.6 Å². The second-order valence-corrected chi connectivity index (χ2v) is 12.8. The molecule has 8 fully saturated rings. The number of nitrogens with zero attached hydrogens (tertiary/aromatic N) is 1. The van der Waals surface area contributed by atoms with Gasteiger partial charge >= 0.3 is 0 Å². The Labute approximate surface area is 190 Å². The zero-order chi connectivity index (χ0) is 21.5. The van der Waals surface area contributed by atoms with Crippen LogP contribution in [0.15, 0.2) is 18.5 Å². The zero-order valence-corrected chi connectivity index (χ0v) is 18.9. The van der Waals surface area contributed by atoms with E-state index >= 15 is 0 Å². The number of nitrogens with one attached hydrogen (secondary N) is 2. The van der Waals surface area contributed by atoms with Crippen molar-refractivity contribution in [1.29, 1.82) is 0 Å². The molecule has 1 aromatic heterocycles. The molecule has 1 aromatic rings. The van der Waals surface area contributed by atoms with Crippen LogP contribution >= 0.6 is 0 Å². The minimum Gasteiger partial charge on any atom is -0.324 e. The van der Waals surface area contributed by atoms with Crippen LogP contribution in [0.1, 0.15) is 77.0 Å². The van der Waals surface area contributed by atoms with E-state index in [0.717, 1.165) is 74.0 Å². The van der Waals surface area contributed by atoms with Gasteiger partial charge in [-0.15, -0.1) is 0 Å². The highest BCUT2D eigenvalue weighted by Crippen LogP contribution is 2.61. The minimum atomic E-state index is -0.173. The smallest absolute Gasteiger partial charge is 0.230 e. The molecular weight excluding hydrogens is 398 g/mol. The fourth-order valence-corrected chi connectivity index (χ4v) is 9.88. The first-order valence-electron chi connectivity index (χ1n) is 13.0. The molecule has 0 spiro atoms. The van der Waals surface area contributed by atoms with Gasteiger partial charge in [-0.25, -0.2) is 0 Å². The van der Waals surface area contributed by atoms with E-state index < -0.39 is 0 Å². The fraction of sp³-hybridized carbons (Fsp3) is 0.741. The first kappa shape index (κ1) is 19.5. The SMILES string of the molecule is O=C(Nc1cncc(NC(=O)C23CC4CC(CC(C4)C2)C3)c1)C12CC3CC(CC(C3)C1)C2. The lowest BCUT2D eigenvalue weighted by molar-refractivity contribution is -0.140. The van der Waals surface area contributed by atoms with Crippen molar-refractivity contribution in [3.05, 3.63) is 18.5 Å². The van der Waals surface area contributed by atoms with Crippen molar-refractivity contribution >= 4 is 23.2 Å². The second kappa shape index (κ2) is 6.80. The van der Waals surface area contributed by atoms with Crippen molar-refractivity contribution in [2.24, 2.45) is 46.3 Å². The van der Waals surface area contributed by atoms with Gasteiger partial charge in [-0.1, -0.05) is 0 Å². The minimum absolute atomic E-state index is 0.173. The Balaban J connectivity index is 1.06. The second-order valence-electron chi connectivity index (χ2n) is 12.8. The van der Waals surface area contributed by atoms with Gasteiger partial charge in [0.25, 0.3) is 0 Å². The van der Waals surface area contributed by atoms with Gasteiger partial charge in [0.1, 0.15) is 0 Å². The van der Waals surface area contributed by atoms with E-state index in [1.165, 1.54) is 38.5 Å². The molecule has 0 saturated heterocycles. The highest BCUT2D eigenvalue weighted by Gasteiger charge is 2.55. The van der Waals surface area contributed by atoms with Crippen LogP contribution in [0.25, 0.3) is 0 Å². The van der Waals surface area contributed by atoms with Crippen molar-refractivity contribution in [1.82, 2.24) is 4.98 Å². The lowest BCUT2D eigenvalue weighted by atomic mass is 9.49. The third-order valence-electron chi connectivity index (χ3n) is 10.3. The first-order chi connectivity index (χ1) is 15.5. The molecule has 170 valence electrons. The van der Waals surface area contributed by atoms with E-state index in [2.05, 4.69) is 15.6 Å². The fourth-order valence-electron chi connectivity index (χ4n) is 9.88. The number of amides is 2. The molecular formula is C27H35N3O2. The van der Waals surface area contributed by atoms with Gasteiger partial charge in [-0.05, 0) is 119 Å². The van der Waals surface area contributed by atoms with Gasteiger partial charge in [0, 0.05) is 0 Å². The molecule has 9 rings (SSSR count). The van der Waals surface area contributed by atoms with Crippen LogP contribution < -0.4 is 10.6 Å². The summed E-state index contributed by atoms with van der Waals surface area (Å²) in [6.07, 6.45) is 17.8. The molecule has 1 heterocycles. The highest BCUT2D eigenvalue weighted by atomic mass is 16.2. The number of rotatable bonds is 4. The monoisotopic (exact) mass is 433 g/mol. The molecule has 2 amide bonds. The average molecular weight is 434 g/mol. The maximum absolute atomic E-state index is 13.4. The van der Waals surface area contributed by atoms with Crippen molar-refractivity contribution in [3.63, 3.8) is 0 Å². The van der Waals surface area contributed by atoms with E-state index in [9.17, 15) is 9.59 Å². The van der Waals surface area contributed by atoms with Crippen molar-refractivity contribution in [2.75, 3.05) is 10.6 Å². The Kier molecular flexibility index (Phi) is 4.16. The predicted octanol–water partition coefficient (Wildman–Crippen LogP) is 5.39. The molecule has 32 heavy (non-hydrogen) atoms. The number of carbonyl (C=O) groups excluding carboxylic acids is 2. The summed E-state index contributed by atoms with van der Waals surface area (Å²) in [5, 5.41) is 6.39. The molecule has 0 aliphatic heterocycles. The first-order valence-corrected chi connectivity index (χ1v) is 13.0. The molecule has 8 saturated carbocycles. The molecule has 0 aromatic carbocycles. The molecule has 0 unspecified atom stereocenters. The van der Waals surface area contributed by atoms with E-state index in [1.807, 2.05) is 6.07 Å². The third kappa shape index (κ3) is 3.06. The predicted molar refractivity (Wildman–Crippen MR) is 123 cm³/mol. The summed E-state index contributed by atoms with van der Waals surface area (Å²) >= 11 is 0. The summed E-state index contributed by atoms with van der Waals surface area (Å²) in [7, 11) is 0. The van der Waals surface area contributed by atoms with Crippen molar-refractivity contribution in [2.45, 2.75) is 77.0 Å². The summed E-state index contributed by atoms with van der Waals surface area (Å²) in [5.74, 6) is 4.84. The van der Waals surface area contributed by atoms with Crippen molar-refractivity contribution < 1.29 is 9.59 Å². The standard InChI is InChI=1S/C27H35N3O2/c31-24(26-8-16-1-17(9-26)3-18(2-16)10-26)29-22-7-23(15-28-14-22)30-25(32)27-11-19-4-20(12-27)6-21(5-19)13-27/h7,14-21H,1-6,8-13H2,(H,29,31)(H,30,32). The zero-order valence-electron chi connectivity index (χ0n) is 18.9. The Morgan fingerprint density at radius 2 is 0.938 bits per heavy atom. The van der Waals surface area contributed by atoms with Crippen LogP contribution in [0.5, 0.6) is 0 Å². The average Bonchev–Trinajstić information content (AvgIpc) is 2.72. The molecule has 8 bridgehead atoms. The van der Waals surface area contributed by atoms with E-state index in [4.69, 9.17) is 0 Å². The summed E-state index contributed by atoms with van der Waals surface area (Å²) in [4.78, 5) is 31.2. The van der Waals surface area contributed by atoms with Crippen molar-refractivity contribution in [3.8, 4) is 0 Å².